The summed E-state index contributed by atoms with van der Waals surface area (Å²) in [5.74, 6) is -8.32. The predicted molar refractivity (Wildman–Crippen MR) is 290 cm³/mol. The molecule has 4 aliphatic heterocycles. The van der Waals surface area contributed by atoms with Crippen molar-refractivity contribution in [1.82, 2.24) is 30.4 Å². The van der Waals surface area contributed by atoms with E-state index in [9.17, 15) is 28.8 Å². The van der Waals surface area contributed by atoms with Crippen molar-refractivity contribution in [2.75, 3.05) is 160 Å². The topological polar surface area (TPSA) is 263 Å². The number of anilines is 5. The van der Waals surface area contributed by atoms with E-state index in [0.29, 0.717) is 137 Å². The number of methoxy groups -OCH3 is 1. The highest BCUT2D eigenvalue weighted by Gasteiger charge is 2.49. The SMILES string of the molecule is COc1cc(C(=O)NC2CCN(CCOCCOCCOCCOCCOCCOCCOCCNc3cccc4c3C(=O)N(C3CCC(=O)NC3=O)C4=O)CC2)c(F)cc1Nc1ncc2c(n1)N(C1CCCC1)CC(F)(F)C(=O)N2C. The molecule has 1 aliphatic carbocycles. The molecule has 1 saturated carbocycles. The van der Waals surface area contributed by atoms with Crippen LogP contribution in [0.1, 0.15) is 82.4 Å². The summed E-state index contributed by atoms with van der Waals surface area (Å²) in [4.78, 5) is 90.5. The van der Waals surface area contributed by atoms with Gasteiger partial charge in [0.2, 0.25) is 17.8 Å². The van der Waals surface area contributed by atoms with Gasteiger partial charge < -0.3 is 68.5 Å². The molecule has 0 spiro atoms. The van der Waals surface area contributed by atoms with Crippen molar-refractivity contribution >= 4 is 64.3 Å². The quantitative estimate of drug-likeness (QED) is 0.0515. The molecule has 3 aromatic rings. The number of nitrogens with zero attached hydrogens (tertiary/aromatic N) is 6. The van der Waals surface area contributed by atoms with Gasteiger partial charge in [0.15, 0.2) is 5.82 Å². The molecular weight excluding hydrogens is 1080 g/mol. The number of hydrogen-bond acceptors (Lipinski definition) is 20. The minimum absolute atomic E-state index is 0.0245. The highest BCUT2D eigenvalue weighted by Crippen LogP contribution is 2.40. The first-order chi connectivity index (χ1) is 39.7. The molecule has 0 radical (unpaired) electrons. The average Bonchev–Trinajstić information content (AvgIpc) is 3.50. The molecule has 2 saturated heterocycles. The van der Waals surface area contributed by atoms with Crippen LogP contribution in [0.5, 0.6) is 5.75 Å². The summed E-state index contributed by atoms with van der Waals surface area (Å²) in [5.41, 5.74) is 0.910. The molecule has 4 N–H and O–H groups in total. The maximum absolute atomic E-state index is 15.6. The Balaban J connectivity index is 0.592. The second kappa shape index (κ2) is 30.1. The number of rotatable bonds is 32. The molecule has 1 atom stereocenters. The molecule has 5 heterocycles. The van der Waals surface area contributed by atoms with E-state index < -0.39 is 59.8 Å². The Bertz CT molecular complexity index is 2700. The second-order valence-corrected chi connectivity index (χ2v) is 20.2. The smallest absolute Gasteiger partial charge is 0.342 e. The maximum atomic E-state index is 15.6. The van der Waals surface area contributed by atoms with Crippen LogP contribution in [0, 0.1) is 5.82 Å². The van der Waals surface area contributed by atoms with Crippen LogP contribution in [-0.2, 0) is 47.5 Å². The standard InChI is InChI=1S/C55H73F3N10O14/c1-65-44-34-60-54(64-48(44)67(37-6-3-4-7-37)35-55(57,58)53(65)74)62-42-33-40(56)39(32-45(42)75-2)49(70)61-36-12-15-66(16-13-36)17-19-77-21-23-79-25-27-81-29-31-82-30-28-80-26-24-78-22-20-76-18-14-59-41-9-5-8-38-47(41)52(73)68(51(38)72)43-10-11-46(69)63-50(43)71/h5,8-9,32-34,36-37,43,59H,3-4,6-7,10-31,35H2,1-2H3,(H,61,70)(H,60,62,64)(H,63,69,71). The van der Waals surface area contributed by atoms with Gasteiger partial charge in [0.1, 0.15) is 23.3 Å². The Morgan fingerprint density at radius 2 is 1.38 bits per heavy atom. The van der Waals surface area contributed by atoms with Gasteiger partial charge in [-0.3, -0.25) is 39.0 Å². The van der Waals surface area contributed by atoms with Crippen LogP contribution in [0.25, 0.3) is 0 Å². The minimum Gasteiger partial charge on any atom is -0.495 e. The average molecular weight is 1160 g/mol. The number of benzene rings is 2. The van der Waals surface area contributed by atoms with Crippen molar-refractivity contribution in [2.24, 2.45) is 0 Å². The van der Waals surface area contributed by atoms with Gasteiger partial charge in [-0.25, -0.2) is 9.37 Å². The molecule has 2 aromatic carbocycles. The van der Waals surface area contributed by atoms with Crippen molar-refractivity contribution in [3.8, 4) is 5.75 Å². The Labute approximate surface area is 473 Å². The molecule has 1 aromatic heterocycles. The van der Waals surface area contributed by atoms with Crippen LogP contribution in [-0.4, -0.2) is 219 Å². The Hall–Kier alpha value is -6.59. The fourth-order valence-corrected chi connectivity index (χ4v) is 10.3. The Morgan fingerprint density at radius 1 is 0.768 bits per heavy atom. The molecule has 1 unspecified atom stereocenters. The van der Waals surface area contributed by atoms with Crippen molar-refractivity contribution < 1.29 is 79.8 Å². The first-order valence-electron chi connectivity index (χ1n) is 27.8. The Morgan fingerprint density at radius 3 is 1.99 bits per heavy atom. The van der Waals surface area contributed by atoms with E-state index in [1.54, 1.807) is 18.2 Å². The van der Waals surface area contributed by atoms with Crippen LogP contribution in [0.15, 0.2) is 36.5 Å². The van der Waals surface area contributed by atoms with E-state index in [1.807, 2.05) is 0 Å². The van der Waals surface area contributed by atoms with Crippen molar-refractivity contribution in [1.29, 1.82) is 0 Å². The number of fused-ring (bicyclic) bond motifs is 2. The number of carbonyl (C=O) groups excluding carboxylic acids is 6. The zero-order chi connectivity index (χ0) is 58.0. The number of piperidine rings is 2. The fraction of sp³-hybridized carbons (Fsp3) is 0.600. The third-order valence-electron chi connectivity index (χ3n) is 14.7. The number of amides is 6. The van der Waals surface area contributed by atoms with E-state index in [2.05, 4.69) is 36.1 Å². The fourth-order valence-electron chi connectivity index (χ4n) is 10.3. The van der Waals surface area contributed by atoms with E-state index >= 15 is 13.2 Å². The summed E-state index contributed by atoms with van der Waals surface area (Å²) in [5, 5.41) is 11.2. The first-order valence-corrected chi connectivity index (χ1v) is 27.8. The normalized spacial score (nSPS) is 18.7. The van der Waals surface area contributed by atoms with Gasteiger partial charge in [0, 0.05) is 63.5 Å². The molecule has 82 heavy (non-hydrogen) atoms. The monoisotopic (exact) mass is 1150 g/mol. The second-order valence-electron chi connectivity index (χ2n) is 20.2. The molecule has 24 nitrogen and oxygen atoms in total. The molecule has 6 amide bonds. The Kier molecular flexibility index (Phi) is 22.6. The summed E-state index contributed by atoms with van der Waals surface area (Å²) in [7, 11) is 2.64. The first kappa shape index (κ1) is 61.5. The van der Waals surface area contributed by atoms with E-state index in [1.165, 1.54) is 31.3 Å². The third-order valence-corrected chi connectivity index (χ3v) is 14.7. The van der Waals surface area contributed by atoms with Crippen LogP contribution in [0.4, 0.5) is 42.0 Å². The van der Waals surface area contributed by atoms with Gasteiger partial charge in [-0.05, 0) is 50.3 Å². The molecule has 0 bridgehead atoms. The van der Waals surface area contributed by atoms with Gasteiger partial charge in [0.05, 0.1) is 135 Å². The number of alkyl halides is 2. The van der Waals surface area contributed by atoms with Crippen LogP contribution in [0.3, 0.4) is 0 Å². The number of halogens is 3. The van der Waals surface area contributed by atoms with Crippen molar-refractivity contribution in [3.05, 3.63) is 59.0 Å². The molecular formula is C55H73F3N10O14. The van der Waals surface area contributed by atoms with E-state index in [4.69, 9.17) is 37.9 Å². The summed E-state index contributed by atoms with van der Waals surface area (Å²) in [6, 6.07) is 5.85. The predicted octanol–water partition coefficient (Wildman–Crippen LogP) is 3.55. The zero-order valence-electron chi connectivity index (χ0n) is 46.3. The number of nitrogens with one attached hydrogen (secondary N) is 4. The van der Waals surface area contributed by atoms with E-state index in [-0.39, 0.29) is 70.5 Å². The van der Waals surface area contributed by atoms with Gasteiger partial charge in [-0.1, -0.05) is 18.9 Å². The molecule has 5 aliphatic rings. The number of carbonyl (C=O) groups is 6. The highest BCUT2D eigenvalue weighted by molar-refractivity contribution is 6.25. The van der Waals surface area contributed by atoms with Gasteiger partial charge >= 0.3 is 5.92 Å². The molecule has 3 fully saturated rings. The lowest BCUT2D eigenvalue weighted by atomic mass is 10.0. The number of hydrogen-bond donors (Lipinski definition) is 4. The minimum atomic E-state index is -3.64. The lowest BCUT2D eigenvalue weighted by Crippen LogP contribution is -2.54. The maximum Gasteiger partial charge on any atom is 0.342 e. The zero-order valence-corrected chi connectivity index (χ0v) is 46.3. The number of ether oxygens (including phenoxy) is 8. The van der Waals surface area contributed by atoms with Crippen molar-refractivity contribution in [3.63, 3.8) is 0 Å². The lowest BCUT2D eigenvalue weighted by Gasteiger charge is -2.32. The van der Waals surface area contributed by atoms with Crippen LogP contribution >= 0.6 is 0 Å². The lowest BCUT2D eigenvalue weighted by molar-refractivity contribution is -0.140. The summed E-state index contributed by atoms with van der Waals surface area (Å²) < 4.78 is 90.4. The van der Waals surface area contributed by atoms with Crippen LogP contribution < -0.4 is 35.8 Å². The summed E-state index contributed by atoms with van der Waals surface area (Å²) in [6.07, 6.45) is 5.86. The molecule has 448 valence electrons. The largest absolute Gasteiger partial charge is 0.495 e. The molecule has 8 rings (SSSR count). The third kappa shape index (κ3) is 16.1. The highest BCUT2D eigenvalue weighted by atomic mass is 19.3. The number of likely N-dealkylation sites (tertiary alicyclic amines) is 1. The summed E-state index contributed by atoms with van der Waals surface area (Å²) >= 11 is 0. The number of imide groups is 2. The van der Waals surface area contributed by atoms with Crippen LogP contribution in [0.2, 0.25) is 0 Å². The van der Waals surface area contributed by atoms with Gasteiger partial charge in [-0.2, -0.15) is 13.8 Å². The summed E-state index contributed by atoms with van der Waals surface area (Å²) in [6.45, 7) is 7.35. The van der Waals surface area contributed by atoms with E-state index in [0.717, 1.165) is 41.8 Å². The molecule has 27 heteroatoms. The van der Waals surface area contributed by atoms with Gasteiger partial charge in [-0.15, -0.1) is 0 Å². The van der Waals surface area contributed by atoms with Gasteiger partial charge in [0.25, 0.3) is 23.6 Å². The number of aromatic nitrogens is 2. The van der Waals surface area contributed by atoms with Crippen molar-refractivity contribution in [2.45, 2.75) is 75.4 Å².